The Bertz CT molecular complexity index is 512. The van der Waals surface area contributed by atoms with E-state index in [1.54, 1.807) is 19.1 Å². The van der Waals surface area contributed by atoms with Crippen LogP contribution in [-0.4, -0.2) is 30.8 Å². The van der Waals surface area contributed by atoms with Crippen LogP contribution in [0.3, 0.4) is 0 Å². The topological polar surface area (TPSA) is 62.3 Å². The lowest BCUT2D eigenvalue weighted by molar-refractivity contribution is 0.482. The number of aromatic nitrogens is 1. The molecular formula is C10H14ClN3O2S. The third-order valence-corrected chi connectivity index (χ3v) is 4.43. The van der Waals surface area contributed by atoms with Gasteiger partial charge in [-0.25, -0.2) is 4.98 Å². The molecule has 0 atom stereocenters. The van der Waals surface area contributed by atoms with Gasteiger partial charge in [0.2, 0.25) is 0 Å². The monoisotopic (exact) mass is 275 g/mol. The van der Waals surface area contributed by atoms with Gasteiger partial charge in [-0.1, -0.05) is 11.6 Å². The average Bonchev–Trinajstić information content (AvgIpc) is 2.76. The first-order valence-corrected chi connectivity index (χ1v) is 7.22. The maximum atomic E-state index is 12.0. The van der Waals surface area contributed by atoms with Gasteiger partial charge in [-0.2, -0.15) is 12.7 Å². The van der Waals surface area contributed by atoms with Crippen LogP contribution in [0.1, 0.15) is 18.5 Å². The lowest BCUT2D eigenvalue weighted by atomic mass is 10.3. The van der Waals surface area contributed by atoms with Crippen molar-refractivity contribution in [2.75, 3.05) is 17.8 Å². The number of aryl methyl sites for hydroxylation is 1. The van der Waals surface area contributed by atoms with E-state index in [0.29, 0.717) is 29.6 Å². The Morgan fingerprint density at radius 3 is 2.59 bits per heavy atom. The van der Waals surface area contributed by atoms with E-state index in [-0.39, 0.29) is 0 Å². The molecule has 94 valence electrons. The number of rotatable bonds is 3. The van der Waals surface area contributed by atoms with Crippen molar-refractivity contribution in [3.05, 3.63) is 23.0 Å². The molecule has 2 heterocycles. The summed E-state index contributed by atoms with van der Waals surface area (Å²) in [5.74, 6) is 0. The Labute approximate surface area is 106 Å². The summed E-state index contributed by atoms with van der Waals surface area (Å²) in [7, 11) is -3.45. The predicted molar refractivity (Wildman–Crippen MR) is 67.3 cm³/mol. The molecule has 1 aromatic heterocycles. The second-order valence-electron chi connectivity index (χ2n) is 3.98. The number of halogens is 1. The highest BCUT2D eigenvalue weighted by molar-refractivity contribution is 7.90. The van der Waals surface area contributed by atoms with E-state index in [4.69, 9.17) is 11.6 Å². The van der Waals surface area contributed by atoms with Crippen LogP contribution in [0.2, 0.25) is 5.15 Å². The molecule has 0 aliphatic carbocycles. The molecular weight excluding hydrogens is 262 g/mol. The van der Waals surface area contributed by atoms with Gasteiger partial charge in [0.05, 0.1) is 11.4 Å². The van der Waals surface area contributed by atoms with E-state index < -0.39 is 10.2 Å². The number of nitrogens with zero attached hydrogens (tertiary/aromatic N) is 2. The molecule has 0 amide bonds. The maximum Gasteiger partial charge on any atom is 0.301 e. The van der Waals surface area contributed by atoms with Crippen molar-refractivity contribution in [3.63, 3.8) is 0 Å². The molecule has 2 rings (SSSR count). The summed E-state index contributed by atoms with van der Waals surface area (Å²) in [6, 6.07) is 3.19. The summed E-state index contributed by atoms with van der Waals surface area (Å²) < 4.78 is 28.0. The summed E-state index contributed by atoms with van der Waals surface area (Å²) in [4.78, 5) is 4.00. The minimum absolute atomic E-state index is 0.353. The van der Waals surface area contributed by atoms with E-state index in [1.807, 2.05) is 0 Å². The largest absolute Gasteiger partial charge is 0.301 e. The van der Waals surface area contributed by atoms with Gasteiger partial charge in [-0.05, 0) is 31.9 Å². The molecule has 1 aromatic rings. The Morgan fingerprint density at radius 2 is 2.00 bits per heavy atom. The number of pyridine rings is 1. The molecule has 0 bridgehead atoms. The lowest BCUT2D eigenvalue weighted by Crippen LogP contribution is -2.33. The second kappa shape index (κ2) is 4.80. The van der Waals surface area contributed by atoms with E-state index in [9.17, 15) is 8.42 Å². The average molecular weight is 276 g/mol. The van der Waals surface area contributed by atoms with Crippen LogP contribution in [-0.2, 0) is 10.2 Å². The second-order valence-corrected chi connectivity index (χ2v) is 6.04. The van der Waals surface area contributed by atoms with Gasteiger partial charge in [0.25, 0.3) is 0 Å². The molecule has 17 heavy (non-hydrogen) atoms. The molecule has 7 heteroatoms. The molecule has 0 aromatic carbocycles. The molecule has 0 radical (unpaired) electrons. The van der Waals surface area contributed by atoms with Gasteiger partial charge in [0, 0.05) is 13.1 Å². The Hall–Kier alpha value is -0.850. The molecule has 1 aliphatic rings. The zero-order chi connectivity index (χ0) is 12.5. The Morgan fingerprint density at radius 1 is 1.35 bits per heavy atom. The smallest absolute Gasteiger partial charge is 0.269 e. The summed E-state index contributed by atoms with van der Waals surface area (Å²) in [6.07, 6.45) is 1.83. The SMILES string of the molecule is Cc1nc(Cl)ccc1NS(=O)(=O)N1CCCC1. The van der Waals surface area contributed by atoms with Gasteiger partial charge in [-0.3, -0.25) is 4.72 Å². The minimum Gasteiger partial charge on any atom is -0.269 e. The van der Waals surface area contributed by atoms with Crippen LogP contribution in [0.4, 0.5) is 5.69 Å². The van der Waals surface area contributed by atoms with Crippen molar-refractivity contribution < 1.29 is 8.42 Å². The summed E-state index contributed by atoms with van der Waals surface area (Å²) in [5, 5.41) is 0.353. The van der Waals surface area contributed by atoms with Crippen molar-refractivity contribution >= 4 is 27.5 Å². The summed E-state index contributed by atoms with van der Waals surface area (Å²) >= 11 is 5.72. The highest BCUT2D eigenvalue weighted by Gasteiger charge is 2.25. The van der Waals surface area contributed by atoms with Crippen molar-refractivity contribution in [2.45, 2.75) is 19.8 Å². The van der Waals surface area contributed by atoms with Crippen molar-refractivity contribution in [1.29, 1.82) is 0 Å². The minimum atomic E-state index is -3.45. The van der Waals surface area contributed by atoms with Gasteiger partial charge < -0.3 is 0 Å². The molecule has 1 fully saturated rings. The van der Waals surface area contributed by atoms with E-state index >= 15 is 0 Å². The normalized spacial score (nSPS) is 17.3. The molecule has 0 unspecified atom stereocenters. The van der Waals surface area contributed by atoms with Gasteiger partial charge >= 0.3 is 10.2 Å². The van der Waals surface area contributed by atoms with E-state index in [2.05, 4.69) is 9.71 Å². The fourth-order valence-corrected chi connectivity index (χ4v) is 3.32. The number of nitrogens with one attached hydrogen (secondary N) is 1. The van der Waals surface area contributed by atoms with Crippen LogP contribution in [0.5, 0.6) is 0 Å². The van der Waals surface area contributed by atoms with Crippen LogP contribution in [0.15, 0.2) is 12.1 Å². The van der Waals surface area contributed by atoms with Crippen LogP contribution in [0, 0.1) is 6.92 Å². The first-order valence-electron chi connectivity index (χ1n) is 5.40. The first-order chi connectivity index (χ1) is 7.99. The van der Waals surface area contributed by atoms with Gasteiger partial charge in [0.15, 0.2) is 0 Å². The number of hydrogen-bond acceptors (Lipinski definition) is 3. The Balaban J connectivity index is 2.19. The predicted octanol–water partition coefficient (Wildman–Crippen LogP) is 1.80. The number of anilines is 1. The molecule has 1 N–H and O–H groups in total. The maximum absolute atomic E-state index is 12.0. The zero-order valence-corrected chi connectivity index (χ0v) is 11.1. The molecule has 0 saturated carbocycles. The molecule has 0 spiro atoms. The van der Waals surface area contributed by atoms with Gasteiger partial charge in [0.1, 0.15) is 5.15 Å². The lowest BCUT2D eigenvalue weighted by Gasteiger charge is -2.17. The van der Waals surface area contributed by atoms with Crippen LogP contribution in [0.25, 0.3) is 0 Å². The van der Waals surface area contributed by atoms with Gasteiger partial charge in [-0.15, -0.1) is 0 Å². The Kier molecular flexibility index (Phi) is 3.56. The molecule has 1 aliphatic heterocycles. The third-order valence-electron chi connectivity index (χ3n) is 2.70. The quantitative estimate of drug-likeness (QED) is 0.856. The highest BCUT2D eigenvalue weighted by Crippen LogP contribution is 2.20. The van der Waals surface area contributed by atoms with Crippen molar-refractivity contribution in [1.82, 2.24) is 9.29 Å². The van der Waals surface area contributed by atoms with Crippen molar-refractivity contribution in [3.8, 4) is 0 Å². The molecule has 1 saturated heterocycles. The fraction of sp³-hybridized carbons (Fsp3) is 0.500. The third kappa shape index (κ3) is 2.88. The zero-order valence-electron chi connectivity index (χ0n) is 9.48. The van der Waals surface area contributed by atoms with Crippen LogP contribution < -0.4 is 4.72 Å². The summed E-state index contributed by atoms with van der Waals surface area (Å²) in [5.41, 5.74) is 1.04. The van der Waals surface area contributed by atoms with Crippen molar-refractivity contribution in [2.24, 2.45) is 0 Å². The number of hydrogen-bond donors (Lipinski definition) is 1. The standard InChI is InChI=1S/C10H14ClN3O2S/c1-8-9(4-5-10(11)12-8)13-17(15,16)14-6-2-3-7-14/h4-5,13H,2-3,6-7H2,1H3. The van der Waals surface area contributed by atoms with E-state index in [1.165, 1.54) is 4.31 Å². The first kappa shape index (κ1) is 12.6. The summed E-state index contributed by atoms with van der Waals surface area (Å²) in [6.45, 7) is 2.87. The van der Waals surface area contributed by atoms with Crippen LogP contribution >= 0.6 is 11.6 Å². The van der Waals surface area contributed by atoms with E-state index in [0.717, 1.165) is 12.8 Å². The molecule has 5 nitrogen and oxygen atoms in total. The fourth-order valence-electron chi connectivity index (χ4n) is 1.77. The highest BCUT2D eigenvalue weighted by atomic mass is 35.5.